The summed E-state index contributed by atoms with van der Waals surface area (Å²) in [4.78, 5) is 0. The molecular weight excluding hydrogens is 335 g/mol. The quantitative estimate of drug-likeness (QED) is 0.775. The van der Waals surface area contributed by atoms with Crippen LogP contribution in [0.2, 0.25) is 15.1 Å². The highest BCUT2D eigenvalue weighted by Crippen LogP contribution is 2.34. The van der Waals surface area contributed by atoms with E-state index in [4.69, 9.17) is 49.0 Å². The standard InChI is InChI=1S/C15H11Cl3O3/c16-11-1-2-14(13(18)5-11)20-7-10-4-12(17)3-9-6-19-8-21-15(9)10/h1-5H,6-8H2. The van der Waals surface area contributed by atoms with Crippen molar-refractivity contribution in [1.29, 1.82) is 0 Å². The molecule has 0 radical (unpaired) electrons. The predicted molar refractivity (Wildman–Crippen MR) is 82.5 cm³/mol. The Morgan fingerprint density at radius 1 is 1.05 bits per heavy atom. The average molecular weight is 346 g/mol. The van der Waals surface area contributed by atoms with Gasteiger partial charge in [-0.3, -0.25) is 0 Å². The van der Waals surface area contributed by atoms with E-state index in [2.05, 4.69) is 0 Å². The van der Waals surface area contributed by atoms with Crippen LogP contribution >= 0.6 is 34.8 Å². The van der Waals surface area contributed by atoms with Crippen molar-refractivity contribution >= 4 is 34.8 Å². The molecular formula is C15H11Cl3O3. The maximum Gasteiger partial charge on any atom is 0.189 e. The Bertz CT molecular complexity index is 673. The van der Waals surface area contributed by atoms with Crippen LogP contribution in [0.25, 0.3) is 0 Å². The Hall–Kier alpha value is -1.13. The highest BCUT2D eigenvalue weighted by molar-refractivity contribution is 6.35. The summed E-state index contributed by atoms with van der Waals surface area (Å²) in [5.74, 6) is 1.32. The van der Waals surface area contributed by atoms with Gasteiger partial charge in [0, 0.05) is 21.2 Å². The Balaban J connectivity index is 1.83. The first-order valence-electron chi connectivity index (χ1n) is 6.23. The van der Waals surface area contributed by atoms with Crippen molar-refractivity contribution in [3.8, 4) is 11.5 Å². The topological polar surface area (TPSA) is 27.7 Å². The summed E-state index contributed by atoms with van der Waals surface area (Å²) in [5, 5.41) is 1.64. The van der Waals surface area contributed by atoms with Crippen molar-refractivity contribution in [3.63, 3.8) is 0 Å². The largest absolute Gasteiger partial charge is 0.487 e. The summed E-state index contributed by atoms with van der Waals surface area (Å²) in [5.41, 5.74) is 1.77. The van der Waals surface area contributed by atoms with Gasteiger partial charge in [0.2, 0.25) is 0 Å². The van der Waals surface area contributed by atoms with Gasteiger partial charge in [0.15, 0.2) is 6.79 Å². The minimum absolute atomic E-state index is 0.226. The molecule has 110 valence electrons. The van der Waals surface area contributed by atoms with Crippen molar-refractivity contribution in [2.45, 2.75) is 13.2 Å². The zero-order valence-electron chi connectivity index (χ0n) is 10.9. The van der Waals surface area contributed by atoms with Crippen LogP contribution in [0.1, 0.15) is 11.1 Å². The summed E-state index contributed by atoms with van der Waals surface area (Å²) in [7, 11) is 0. The van der Waals surface area contributed by atoms with E-state index in [-0.39, 0.29) is 6.79 Å². The zero-order chi connectivity index (χ0) is 14.8. The lowest BCUT2D eigenvalue weighted by molar-refractivity contribution is -0.0175. The molecule has 3 nitrogen and oxygen atoms in total. The molecule has 1 aliphatic rings. The monoisotopic (exact) mass is 344 g/mol. The van der Waals surface area contributed by atoms with Crippen LogP contribution in [0.5, 0.6) is 11.5 Å². The molecule has 0 fully saturated rings. The lowest BCUT2D eigenvalue weighted by Gasteiger charge is -2.21. The molecule has 0 unspecified atom stereocenters. The number of hydrogen-bond acceptors (Lipinski definition) is 3. The van der Waals surface area contributed by atoms with E-state index < -0.39 is 0 Å². The van der Waals surface area contributed by atoms with Gasteiger partial charge < -0.3 is 14.2 Å². The third-order valence-electron chi connectivity index (χ3n) is 3.03. The van der Waals surface area contributed by atoms with Crippen LogP contribution in [0.3, 0.4) is 0 Å². The van der Waals surface area contributed by atoms with E-state index in [1.165, 1.54) is 0 Å². The highest BCUT2D eigenvalue weighted by Gasteiger charge is 2.17. The van der Waals surface area contributed by atoms with Gasteiger partial charge in [-0.2, -0.15) is 0 Å². The summed E-state index contributed by atoms with van der Waals surface area (Å²) >= 11 is 18.0. The third kappa shape index (κ3) is 3.38. The molecule has 1 heterocycles. The second-order valence-corrected chi connectivity index (χ2v) is 5.81. The zero-order valence-corrected chi connectivity index (χ0v) is 13.1. The second-order valence-electron chi connectivity index (χ2n) is 4.53. The molecule has 0 amide bonds. The number of ether oxygens (including phenoxy) is 3. The van der Waals surface area contributed by atoms with E-state index in [0.29, 0.717) is 34.0 Å². The fraction of sp³-hybridized carbons (Fsp3) is 0.200. The van der Waals surface area contributed by atoms with Crippen LogP contribution in [0.15, 0.2) is 30.3 Å². The van der Waals surface area contributed by atoms with E-state index in [0.717, 1.165) is 16.9 Å². The fourth-order valence-corrected chi connectivity index (χ4v) is 2.84. The van der Waals surface area contributed by atoms with Crippen LogP contribution < -0.4 is 9.47 Å². The van der Waals surface area contributed by atoms with Gasteiger partial charge in [-0.25, -0.2) is 0 Å². The lowest BCUT2D eigenvalue weighted by atomic mass is 10.1. The molecule has 21 heavy (non-hydrogen) atoms. The van der Waals surface area contributed by atoms with Gasteiger partial charge in [-0.1, -0.05) is 34.8 Å². The summed E-state index contributed by atoms with van der Waals surface area (Å²) < 4.78 is 16.5. The highest BCUT2D eigenvalue weighted by atomic mass is 35.5. The SMILES string of the molecule is Clc1ccc(OCc2cc(Cl)cc3c2OCOC3)c(Cl)c1. The van der Waals surface area contributed by atoms with Gasteiger partial charge in [0.25, 0.3) is 0 Å². The molecule has 2 aromatic rings. The first-order chi connectivity index (χ1) is 10.1. The van der Waals surface area contributed by atoms with E-state index >= 15 is 0 Å². The Labute approximate surface area is 137 Å². The molecule has 1 aliphatic heterocycles. The number of hydrogen-bond donors (Lipinski definition) is 0. The van der Waals surface area contributed by atoms with E-state index in [1.807, 2.05) is 12.1 Å². The van der Waals surface area contributed by atoms with Gasteiger partial charge in [0.1, 0.15) is 18.1 Å². The normalized spacial score (nSPS) is 13.5. The van der Waals surface area contributed by atoms with Crippen molar-refractivity contribution in [2.24, 2.45) is 0 Å². The molecule has 3 rings (SSSR count). The van der Waals surface area contributed by atoms with Crippen LogP contribution in [-0.2, 0) is 18.0 Å². The first-order valence-corrected chi connectivity index (χ1v) is 7.36. The number of fused-ring (bicyclic) bond motifs is 1. The molecule has 0 saturated carbocycles. The van der Waals surface area contributed by atoms with E-state index in [1.54, 1.807) is 18.2 Å². The molecule has 0 aromatic heterocycles. The molecule has 0 atom stereocenters. The third-order valence-corrected chi connectivity index (χ3v) is 3.78. The van der Waals surface area contributed by atoms with Gasteiger partial charge in [0.05, 0.1) is 11.6 Å². The predicted octanol–water partition coefficient (Wildman–Crippen LogP) is 5.09. The minimum Gasteiger partial charge on any atom is -0.487 e. The Morgan fingerprint density at radius 3 is 2.71 bits per heavy atom. The summed E-state index contributed by atoms with van der Waals surface area (Å²) in [6.07, 6.45) is 0. The van der Waals surface area contributed by atoms with Crippen LogP contribution in [0.4, 0.5) is 0 Å². The fourth-order valence-electron chi connectivity index (χ4n) is 2.11. The molecule has 6 heteroatoms. The number of rotatable bonds is 3. The van der Waals surface area contributed by atoms with Gasteiger partial charge in [-0.05, 0) is 30.3 Å². The van der Waals surface area contributed by atoms with Crippen molar-refractivity contribution < 1.29 is 14.2 Å². The first kappa shape index (κ1) is 14.8. The van der Waals surface area contributed by atoms with Crippen molar-refractivity contribution in [3.05, 3.63) is 56.5 Å². The molecule has 0 saturated heterocycles. The summed E-state index contributed by atoms with van der Waals surface area (Å²) in [6.45, 7) is 0.998. The molecule has 0 bridgehead atoms. The molecule has 0 N–H and O–H groups in total. The number of halogens is 3. The minimum atomic E-state index is 0.226. The summed E-state index contributed by atoms with van der Waals surface area (Å²) in [6, 6.07) is 8.73. The molecule has 2 aromatic carbocycles. The van der Waals surface area contributed by atoms with Crippen LogP contribution in [-0.4, -0.2) is 6.79 Å². The van der Waals surface area contributed by atoms with Gasteiger partial charge >= 0.3 is 0 Å². The molecule has 0 spiro atoms. The van der Waals surface area contributed by atoms with Crippen molar-refractivity contribution in [2.75, 3.05) is 6.79 Å². The number of benzene rings is 2. The lowest BCUT2D eigenvalue weighted by Crippen LogP contribution is -2.14. The van der Waals surface area contributed by atoms with Gasteiger partial charge in [-0.15, -0.1) is 0 Å². The van der Waals surface area contributed by atoms with Crippen molar-refractivity contribution in [1.82, 2.24) is 0 Å². The second kappa shape index (κ2) is 6.32. The Morgan fingerprint density at radius 2 is 1.90 bits per heavy atom. The molecule has 0 aliphatic carbocycles. The maximum atomic E-state index is 6.11. The smallest absolute Gasteiger partial charge is 0.189 e. The average Bonchev–Trinajstić information content (AvgIpc) is 2.46. The van der Waals surface area contributed by atoms with E-state index in [9.17, 15) is 0 Å². The van der Waals surface area contributed by atoms with Crippen LogP contribution in [0, 0.1) is 0 Å². The Kier molecular flexibility index (Phi) is 4.45. The maximum absolute atomic E-state index is 6.11.